The van der Waals surface area contributed by atoms with Gasteiger partial charge in [0.1, 0.15) is 0 Å². The van der Waals surface area contributed by atoms with Crippen LogP contribution in [0.2, 0.25) is 0 Å². The van der Waals surface area contributed by atoms with Gasteiger partial charge in [-0.15, -0.1) is 0 Å². The lowest BCUT2D eigenvalue weighted by atomic mass is 10.0. The molecule has 1 rings (SSSR count). The second kappa shape index (κ2) is 4.83. The van der Waals surface area contributed by atoms with E-state index in [0.717, 1.165) is 12.6 Å². The van der Waals surface area contributed by atoms with Crippen molar-refractivity contribution >= 4 is 0 Å². The Bertz CT molecular complexity index is 127. The molecule has 12 heavy (non-hydrogen) atoms. The lowest BCUT2D eigenvalue weighted by molar-refractivity contribution is 0.115. The molecule has 0 aromatic rings. The number of aliphatic hydroxyl groups excluding tert-OH is 1. The highest BCUT2D eigenvalue weighted by molar-refractivity contribution is 4.74. The molecule has 0 aromatic carbocycles. The van der Waals surface area contributed by atoms with E-state index in [2.05, 4.69) is 18.7 Å². The molecular formula is C10H21NO. The molecule has 0 saturated carbocycles. The van der Waals surface area contributed by atoms with Crippen molar-refractivity contribution in [3.05, 3.63) is 0 Å². The summed E-state index contributed by atoms with van der Waals surface area (Å²) in [6.45, 7) is 7.02. The maximum Gasteiger partial charge on any atom is 0.0468 e. The summed E-state index contributed by atoms with van der Waals surface area (Å²) in [4.78, 5) is 2.50. The Kier molecular flexibility index (Phi) is 4.02. The normalized spacial score (nSPS) is 28.8. The lowest BCUT2D eigenvalue weighted by Crippen LogP contribution is -2.40. The summed E-state index contributed by atoms with van der Waals surface area (Å²) in [6, 6.07) is 0.729. The van der Waals surface area contributed by atoms with E-state index < -0.39 is 0 Å². The molecule has 0 radical (unpaired) electrons. The first kappa shape index (κ1) is 10.0. The largest absolute Gasteiger partial charge is 0.396 e. The molecule has 0 aliphatic carbocycles. The Labute approximate surface area is 75.6 Å². The van der Waals surface area contributed by atoms with Gasteiger partial charge in [0, 0.05) is 19.2 Å². The minimum Gasteiger partial charge on any atom is -0.396 e. The van der Waals surface area contributed by atoms with Crippen molar-refractivity contribution in [2.45, 2.75) is 39.2 Å². The third-order valence-corrected chi connectivity index (χ3v) is 2.80. The van der Waals surface area contributed by atoms with E-state index in [9.17, 15) is 0 Å². The Balaban J connectivity index is 2.28. The molecule has 1 saturated heterocycles. The van der Waals surface area contributed by atoms with Crippen molar-refractivity contribution in [2.75, 3.05) is 19.7 Å². The number of aliphatic hydroxyl groups is 1. The molecule has 1 fully saturated rings. The molecule has 0 bridgehead atoms. The van der Waals surface area contributed by atoms with Gasteiger partial charge in [-0.2, -0.15) is 0 Å². The van der Waals surface area contributed by atoms with Gasteiger partial charge in [-0.3, -0.25) is 0 Å². The Morgan fingerprint density at radius 3 is 2.83 bits per heavy atom. The first-order valence-electron chi connectivity index (χ1n) is 5.09. The number of hydrogen-bond donors (Lipinski definition) is 1. The van der Waals surface area contributed by atoms with Gasteiger partial charge in [0.15, 0.2) is 0 Å². The highest BCUT2D eigenvalue weighted by atomic mass is 16.3. The van der Waals surface area contributed by atoms with Gasteiger partial charge in [0.25, 0.3) is 0 Å². The summed E-state index contributed by atoms with van der Waals surface area (Å²) in [7, 11) is 0. The van der Waals surface area contributed by atoms with Crippen molar-refractivity contribution < 1.29 is 5.11 Å². The summed E-state index contributed by atoms with van der Waals surface area (Å²) in [5.74, 6) is 0.436. The minimum absolute atomic E-state index is 0.323. The van der Waals surface area contributed by atoms with Gasteiger partial charge >= 0.3 is 0 Å². The fourth-order valence-electron chi connectivity index (χ4n) is 1.89. The molecular weight excluding hydrogens is 150 g/mol. The summed E-state index contributed by atoms with van der Waals surface area (Å²) < 4.78 is 0. The van der Waals surface area contributed by atoms with E-state index in [1.54, 1.807) is 0 Å². The summed E-state index contributed by atoms with van der Waals surface area (Å²) in [6.07, 6.45) is 4.05. The van der Waals surface area contributed by atoms with E-state index in [0.29, 0.717) is 12.5 Å². The second-order valence-corrected chi connectivity index (χ2v) is 4.13. The third-order valence-electron chi connectivity index (χ3n) is 2.80. The predicted molar refractivity (Wildman–Crippen MR) is 51.1 cm³/mol. The van der Waals surface area contributed by atoms with Crippen molar-refractivity contribution in [3.8, 4) is 0 Å². The van der Waals surface area contributed by atoms with Crippen LogP contribution < -0.4 is 0 Å². The molecule has 1 heterocycles. The summed E-state index contributed by atoms with van der Waals surface area (Å²) >= 11 is 0. The quantitative estimate of drug-likeness (QED) is 0.695. The molecule has 2 nitrogen and oxygen atoms in total. The first-order valence-corrected chi connectivity index (χ1v) is 5.09. The zero-order valence-electron chi connectivity index (χ0n) is 8.29. The van der Waals surface area contributed by atoms with Gasteiger partial charge in [-0.25, -0.2) is 0 Å². The fourth-order valence-corrected chi connectivity index (χ4v) is 1.89. The van der Waals surface area contributed by atoms with Crippen LogP contribution in [0, 0.1) is 5.92 Å². The molecule has 72 valence electrons. The van der Waals surface area contributed by atoms with E-state index in [-0.39, 0.29) is 0 Å². The molecule has 1 aliphatic heterocycles. The molecule has 0 unspecified atom stereocenters. The van der Waals surface area contributed by atoms with Gasteiger partial charge < -0.3 is 10.0 Å². The summed E-state index contributed by atoms with van der Waals surface area (Å²) in [5, 5.41) is 8.93. The molecule has 1 aliphatic rings. The van der Waals surface area contributed by atoms with Crippen molar-refractivity contribution in [1.82, 2.24) is 4.90 Å². The molecule has 2 heteroatoms. The first-order chi connectivity index (χ1) is 5.74. The summed E-state index contributed by atoms with van der Waals surface area (Å²) in [5.41, 5.74) is 0. The predicted octanol–water partition coefficient (Wildman–Crippen LogP) is 1.49. The van der Waals surface area contributed by atoms with Gasteiger partial charge in [-0.1, -0.05) is 13.3 Å². The monoisotopic (exact) mass is 171 g/mol. The van der Waals surface area contributed by atoms with Crippen LogP contribution >= 0.6 is 0 Å². The van der Waals surface area contributed by atoms with Crippen molar-refractivity contribution in [2.24, 2.45) is 5.92 Å². The fraction of sp³-hybridized carbons (Fsp3) is 1.00. The molecule has 0 aromatic heterocycles. The highest BCUT2D eigenvalue weighted by Crippen LogP contribution is 2.17. The van der Waals surface area contributed by atoms with Crippen molar-refractivity contribution in [1.29, 1.82) is 0 Å². The zero-order chi connectivity index (χ0) is 8.97. The Hall–Kier alpha value is -0.0800. The van der Waals surface area contributed by atoms with Crippen molar-refractivity contribution in [3.63, 3.8) is 0 Å². The topological polar surface area (TPSA) is 23.5 Å². The van der Waals surface area contributed by atoms with E-state index in [1.807, 2.05) is 0 Å². The second-order valence-electron chi connectivity index (χ2n) is 4.13. The maximum absolute atomic E-state index is 8.93. The van der Waals surface area contributed by atoms with Gasteiger partial charge in [0.05, 0.1) is 0 Å². The third kappa shape index (κ3) is 2.76. The number of rotatable bonds is 3. The number of piperidine rings is 1. The maximum atomic E-state index is 8.93. The smallest absolute Gasteiger partial charge is 0.0468 e. The van der Waals surface area contributed by atoms with E-state index >= 15 is 0 Å². The average molecular weight is 171 g/mol. The van der Waals surface area contributed by atoms with Crippen LogP contribution in [-0.2, 0) is 0 Å². The van der Waals surface area contributed by atoms with Crippen LogP contribution in [0.25, 0.3) is 0 Å². The minimum atomic E-state index is 0.323. The number of nitrogens with zero attached hydrogens (tertiary/aromatic N) is 1. The van der Waals surface area contributed by atoms with E-state index in [1.165, 1.54) is 25.8 Å². The van der Waals surface area contributed by atoms with Crippen LogP contribution in [0.15, 0.2) is 0 Å². The molecule has 1 N–H and O–H groups in total. The molecule has 0 spiro atoms. The van der Waals surface area contributed by atoms with Crippen LogP contribution in [0.4, 0.5) is 0 Å². The van der Waals surface area contributed by atoms with Gasteiger partial charge in [0.2, 0.25) is 0 Å². The molecule has 2 atom stereocenters. The van der Waals surface area contributed by atoms with Crippen LogP contribution in [0.3, 0.4) is 0 Å². The number of likely N-dealkylation sites (tertiary alicyclic amines) is 1. The molecule has 0 amide bonds. The van der Waals surface area contributed by atoms with Crippen LogP contribution in [0.1, 0.15) is 33.1 Å². The Morgan fingerprint density at radius 2 is 2.25 bits per heavy atom. The van der Waals surface area contributed by atoms with Crippen LogP contribution in [0.5, 0.6) is 0 Å². The highest BCUT2D eigenvalue weighted by Gasteiger charge is 2.19. The van der Waals surface area contributed by atoms with Crippen LogP contribution in [-0.4, -0.2) is 35.7 Å². The standard InChI is InChI=1S/C10H21NO/c1-9(8-12)7-11-6-4-3-5-10(11)2/h9-10,12H,3-8H2,1-2H3/t9-,10+/m1/s1. The van der Waals surface area contributed by atoms with Gasteiger partial charge in [-0.05, 0) is 32.2 Å². The lowest BCUT2D eigenvalue weighted by Gasteiger charge is -2.34. The Morgan fingerprint density at radius 1 is 1.50 bits per heavy atom. The zero-order valence-corrected chi connectivity index (χ0v) is 8.29. The number of hydrogen-bond acceptors (Lipinski definition) is 2. The van der Waals surface area contributed by atoms with E-state index in [4.69, 9.17) is 5.11 Å². The average Bonchev–Trinajstić information content (AvgIpc) is 2.09. The SMILES string of the molecule is C[C@@H](CO)CN1CCCC[C@@H]1C.